The van der Waals surface area contributed by atoms with Crippen LogP contribution >= 0.6 is 0 Å². The van der Waals surface area contributed by atoms with E-state index in [9.17, 15) is 0 Å². The van der Waals surface area contributed by atoms with Crippen molar-refractivity contribution >= 4 is 5.82 Å². The summed E-state index contributed by atoms with van der Waals surface area (Å²) in [6.45, 7) is 3.63. The second kappa shape index (κ2) is 7.04. The Bertz CT molecular complexity index is 581. The number of aryl methyl sites for hydroxylation is 1. The number of ether oxygens (including phenoxy) is 1. The van der Waals surface area contributed by atoms with Crippen molar-refractivity contribution in [3.05, 3.63) is 36.2 Å². The monoisotopic (exact) mass is 286 g/mol. The largest absolute Gasteiger partial charge is 0.478 e. The van der Waals surface area contributed by atoms with Crippen molar-refractivity contribution in [1.82, 2.24) is 14.9 Å². The molecule has 0 saturated carbocycles. The number of aromatic nitrogens is 2. The van der Waals surface area contributed by atoms with E-state index in [2.05, 4.69) is 29.0 Å². The standard InChI is InChI=1S/C16H22N4O/c1-12-9-14(11-19-16(12)17)13-5-6-15(18-10-13)21-8-4-7-20(2)3/h5-6,9-11H,4,7-8H2,1-3H3,(H2,17,19). The Balaban J connectivity index is 1.96. The van der Waals surface area contributed by atoms with Gasteiger partial charge in [-0.05, 0) is 45.1 Å². The minimum atomic E-state index is 0.563. The van der Waals surface area contributed by atoms with Gasteiger partial charge in [-0.15, -0.1) is 0 Å². The minimum Gasteiger partial charge on any atom is -0.478 e. The summed E-state index contributed by atoms with van der Waals surface area (Å²) in [7, 11) is 4.10. The van der Waals surface area contributed by atoms with Crippen LogP contribution in [-0.4, -0.2) is 42.1 Å². The molecule has 0 saturated heterocycles. The molecular formula is C16H22N4O. The first-order valence-corrected chi connectivity index (χ1v) is 7.02. The van der Waals surface area contributed by atoms with Crippen LogP contribution in [0.15, 0.2) is 30.6 Å². The molecule has 2 aromatic rings. The Labute approximate surface area is 125 Å². The third kappa shape index (κ3) is 4.43. The summed E-state index contributed by atoms with van der Waals surface area (Å²) in [5.41, 5.74) is 8.71. The van der Waals surface area contributed by atoms with Crippen LogP contribution in [0.4, 0.5) is 5.82 Å². The number of hydrogen-bond acceptors (Lipinski definition) is 5. The van der Waals surface area contributed by atoms with E-state index in [1.54, 1.807) is 12.4 Å². The molecule has 0 radical (unpaired) electrons. The van der Waals surface area contributed by atoms with E-state index in [0.717, 1.165) is 29.7 Å². The topological polar surface area (TPSA) is 64.3 Å². The van der Waals surface area contributed by atoms with Gasteiger partial charge in [-0.25, -0.2) is 9.97 Å². The molecule has 0 spiro atoms. The Kier molecular flexibility index (Phi) is 5.11. The van der Waals surface area contributed by atoms with E-state index < -0.39 is 0 Å². The number of hydrogen-bond donors (Lipinski definition) is 1. The molecule has 0 aliphatic heterocycles. The lowest BCUT2D eigenvalue weighted by Crippen LogP contribution is -2.15. The van der Waals surface area contributed by atoms with Gasteiger partial charge in [-0.3, -0.25) is 0 Å². The maximum atomic E-state index is 5.73. The maximum absolute atomic E-state index is 5.73. The SMILES string of the molecule is Cc1cc(-c2ccc(OCCCN(C)C)nc2)cnc1N. The molecule has 0 aliphatic rings. The van der Waals surface area contributed by atoms with Gasteiger partial charge in [-0.1, -0.05) is 0 Å². The van der Waals surface area contributed by atoms with Gasteiger partial charge in [0.15, 0.2) is 0 Å². The molecule has 0 aliphatic carbocycles. The van der Waals surface area contributed by atoms with Crippen molar-refractivity contribution in [2.24, 2.45) is 0 Å². The van der Waals surface area contributed by atoms with Crippen LogP contribution in [0.25, 0.3) is 11.1 Å². The van der Waals surface area contributed by atoms with Gasteiger partial charge in [0.25, 0.3) is 0 Å². The van der Waals surface area contributed by atoms with Crippen LogP contribution in [0.1, 0.15) is 12.0 Å². The summed E-state index contributed by atoms with van der Waals surface area (Å²) in [4.78, 5) is 10.6. The second-order valence-corrected chi connectivity index (χ2v) is 5.32. The lowest BCUT2D eigenvalue weighted by molar-refractivity contribution is 0.273. The summed E-state index contributed by atoms with van der Waals surface area (Å²) in [5, 5.41) is 0. The normalized spacial score (nSPS) is 10.9. The highest BCUT2D eigenvalue weighted by molar-refractivity contribution is 5.64. The number of nitrogens with two attached hydrogens (primary N) is 1. The predicted octanol–water partition coefficient (Wildman–Crippen LogP) is 2.36. The molecule has 0 bridgehead atoms. The summed E-state index contributed by atoms with van der Waals surface area (Å²) in [5.74, 6) is 1.21. The van der Waals surface area contributed by atoms with Crippen LogP contribution in [-0.2, 0) is 0 Å². The lowest BCUT2D eigenvalue weighted by atomic mass is 10.1. The average Bonchev–Trinajstić information content (AvgIpc) is 2.47. The van der Waals surface area contributed by atoms with Crippen LogP contribution in [0.2, 0.25) is 0 Å². The van der Waals surface area contributed by atoms with E-state index in [-0.39, 0.29) is 0 Å². The van der Waals surface area contributed by atoms with Crippen molar-refractivity contribution in [2.45, 2.75) is 13.3 Å². The highest BCUT2D eigenvalue weighted by Gasteiger charge is 2.03. The number of rotatable bonds is 6. The first-order chi connectivity index (χ1) is 10.1. The van der Waals surface area contributed by atoms with Gasteiger partial charge in [0.1, 0.15) is 5.82 Å². The maximum Gasteiger partial charge on any atom is 0.213 e. The second-order valence-electron chi connectivity index (χ2n) is 5.32. The fourth-order valence-corrected chi connectivity index (χ4v) is 1.94. The summed E-state index contributed by atoms with van der Waals surface area (Å²) in [6, 6.07) is 5.88. The molecule has 5 nitrogen and oxygen atoms in total. The van der Waals surface area contributed by atoms with E-state index >= 15 is 0 Å². The summed E-state index contributed by atoms with van der Waals surface area (Å²) < 4.78 is 5.62. The molecule has 0 amide bonds. The highest BCUT2D eigenvalue weighted by atomic mass is 16.5. The molecule has 2 aromatic heterocycles. The highest BCUT2D eigenvalue weighted by Crippen LogP contribution is 2.22. The van der Waals surface area contributed by atoms with E-state index in [4.69, 9.17) is 10.5 Å². The fourth-order valence-electron chi connectivity index (χ4n) is 1.94. The van der Waals surface area contributed by atoms with E-state index in [0.29, 0.717) is 18.3 Å². The zero-order valence-electron chi connectivity index (χ0n) is 12.8. The van der Waals surface area contributed by atoms with Crippen LogP contribution in [0, 0.1) is 6.92 Å². The number of anilines is 1. The number of pyridine rings is 2. The molecule has 0 fully saturated rings. The molecule has 0 atom stereocenters. The molecule has 5 heteroatoms. The summed E-state index contributed by atoms with van der Waals surface area (Å²) in [6.07, 6.45) is 4.54. The van der Waals surface area contributed by atoms with Crippen molar-refractivity contribution in [2.75, 3.05) is 33.0 Å². The van der Waals surface area contributed by atoms with Gasteiger partial charge < -0.3 is 15.4 Å². The number of nitrogens with zero attached hydrogens (tertiary/aromatic N) is 3. The molecule has 2 heterocycles. The Morgan fingerprint density at radius 2 is 1.90 bits per heavy atom. The summed E-state index contributed by atoms with van der Waals surface area (Å²) >= 11 is 0. The molecule has 0 unspecified atom stereocenters. The average molecular weight is 286 g/mol. The van der Waals surface area contributed by atoms with Gasteiger partial charge in [-0.2, -0.15) is 0 Å². The quantitative estimate of drug-likeness (QED) is 0.826. The third-order valence-electron chi connectivity index (χ3n) is 3.19. The van der Waals surface area contributed by atoms with Crippen LogP contribution in [0.5, 0.6) is 5.88 Å². The van der Waals surface area contributed by atoms with Gasteiger partial charge in [0.05, 0.1) is 6.61 Å². The molecule has 2 N–H and O–H groups in total. The van der Waals surface area contributed by atoms with Gasteiger partial charge in [0.2, 0.25) is 5.88 Å². The first kappa shape index (κ1) is 15.3. The van der Waals surface area contributed by atoms with E-state index in [1.807, 2.05) is 25.1 Å². The van der Waals surface area contributed by atoms with Gasteiger partial charge in [0, 0.05) is 36.1 Å². The smallest absolute Gasteiger partial charge is 0.213 e. The molecule has 21 heavy (non-hydrogen) atoms. The Hall–Kier alpha value is -2.14. The van der Waals surface area contributed by atoms with Crippen molar-refractivity contribution in [1.29, 1.82) is 0 Å². The fraction of sp³-hybridized carbons (Fsp3) is 0.375. The molecule has 112 valence electrons. The van der Waals surface area contributed by atoms with Crippen LogP contribution < -0.4 is 10.5 Å². The van der Waals surface area contributed by atoms with Crippen molar-refractivity contribution in [3.8, 4) is 17.0 Å². The minimum absolute atomic E-state index is 0.563. The Morgan fingerprint density at radius 1 is 1.14 bits per heavy atom. The van der Waals surface area contributed by atoms with E-state index in [1.165, 1.54) is 0 Å². The Morgan fingerprint density at radius 3 is 2.52 bits per heavy atom. The number of nitrogen functional groups attached to an aromatic ring is 1. The zero-order chi connectivity index (χ0) is 15.2. The van der Waals surface area contributed by atoms with Crippen LogP contribution in [0.3, 0.4) is 0 Å². The van der Waals surface area contributed by atoms with Crippen molar-refractivity contribution < 1.29 is 4.74 Å². The molecular weight excluding hydrogens is 264 g/mol. The molecule has 2 rings (SSSR count). The lowest BCUT2D eigenvalue weighted by Gasteiger charge is -2.10. The zero-order valence-corrected chi connectivity index (χ0v) is 12.8. The predicted molar refractivity (Wildman–Crippen MR) is 85.3 cm³/mol. The first-order valence-electron chi connectivity index (χ1n) is 7.02. The van der Waals surface area contributed by atoms with Crippen molar-refractivity contribution in [3.63, 3.8) is 0 Å². The van der Waals surface area contributed by atoms with Gasteiger partial charge >= 0.3 is 0 Å². The molecule has 0 aromatic carbocycles. The third-order valence-corrected chi connectivity index (χ3v) is 3.19.